The molecule has 3 saturated heterocycles. The zero-order valence-electron chi connectivity index (χ0n) is 79.3. The van der Waals surface area contributed by atoms with E-state index in [1.807, 2.05) is 13.8 Å². The van der Waals surface area contributed by atoms with E-state index in [-0.39, 0.29) is 115 Å². The number of hydrogen-bond acceptors (Lipinski definition) is 23. The Labute approximate surface area is 807 Å². The summed E-state index contributed by atoms with van der Waals surface area (Å²) < 4.78 is 0. The number of carbonyl (C=O) groups is 18. The number of carbonyl (C=O) groups excluding carboxylic acids is 18. The Kier molecular flexibility index (Phi) is 40.9. The van der Waals surface area contributed by atoms with Crippen molar-refractivity contribution in [3.8, 4) is 5.75 Å². The number of likely N-dealkylation sites (N-methyl/N-ethyl adjacent to an activating group) is 3. The van der Waals surface area contributed by atoms with E-state index in [0.29, 0.717) is 69.9 Å². The van der Waals surface area contributed by atoms with Crippen LogP contribution in [0.2, 0.25) is 0 Å². The van der Waals surface area contributed by atoms with Gasteiger partial charge in [-0.2, -0.15) is 0 Å². The second-order valence-electron chi connectivity index (χ2n) is 35.5. The van der Waals surface area contributed by atoms with Gasteiger partial charge in [0.1, 0.15) is 90.3 Å². The average Bonchev–Trinajstić information content (AvgIpc) is 1.77. The van der Waals surface area contributed by atoms with Gasteiger partial charge < -0.3 is 131 Å². The number of nitrogens with two attached hydrogens (primary N) is 3. The van der Waals surface area contributed by atoms with E-state index < -0.39 is 234 Å². The van der Waals surface area contributed by atoms with Crippen molar-refractivity contribution in [2.24, 2.45) is 23.1 Å². The van der Waals surface area contributed by atoms with Crippen LogP contribution in [0.3, 0.4) is 0 Å². The van der Waals surface area contributed by atoms with Crippen molar-refractivity contribution in [2.45, 2.75) is 235 Å². The summed E-state index contributed by atoms with van der Waals surface area (Å²) >= 11 is 0.735. The molecule has 0 spiro atoms. The second-order valence-corrected chi connectivity index (χ2v) is 36.6. The highest BCUT2D eigenvalue weighted by molar-refractivity contribution is 8.00. The number of H-pyrrole nitrogens is 3. The molecule has 6 heterocycles. The Balaban J connectivity index is 1.10. The number of nitrogens with zero attached hydrogens (tertiary/aromatic N) is 6. The normalized spacial score (nSPS) is 23.8. The third kappa shape index (κ3) is 30.9. The number of thioether (sulfide) groups is 1. The number of primary amides is 2. The molecule has 3 fully saturated rings. The van der Waals surface area contributed by atoms with Crippen LogP contribution in [-0.4, -0.2) is 324 Å². The standard InChI is InChI=1S/C93H131N25O20S/c1-9-11-25-71-85(131)106-62(24-17-33-99-93(96)97)81(127)113-70(80(126)103-46-77(123)102-45-76(95)122)48-139-49-78(124)105-66(37-53-29-31-57(120)32-30-53)88(134)114(6)52(5)79(125)109-68(41-75(94)121)91(137)118-35-19-28-73(118)87(133)108-64(40-56-44-98-50-104-56)83(129)110-65(36-51(3)4)90(136)117-34-18-27-72(117)86(132)107-63(38-54-42-100-60-22-15-13-20-58(54)60)82(128)112-69(47-119)84(130)111-67(39-55-43-101-61-23-16-14-21-59(55)61)89(135)116(8)74(26-12-10-2)92(138)115(71)7/h13-16,20-23,29-32,42-44,50-52,62-74,100-101,119-120H,9-12,17-19,24-28,33-41,45-49H2,1-8H3,(H2,94,121)(H2,95,122)(H,98,104)(H,102,123)(H,103,126)(H,105,124)(H,106,131)(H,107,132)(H,108,133)(H,109,125)(H,110,129)(H,111,130)(H,112,128)(H,113,127)(H4,96,97,99)/t52-,62-,63-,64-,65-,66-,67-,68-,69-,70-,71-,72-,73-,74-/m0/s1. The minimum Gasteiger partial charge on any atom is -0.508 e. The predicted octanol–water partition coefficient (Wildman–Crippen LogP) is -2.78. The first-order chi connectivity index (χ1) is 66.3. The van der Waals surface area contributed by atoms with Crippen molar-refractivity contribution >= 4 is 146 Å². The molecule has 46 heteroatoms. The molecule has 3 aliphatic heterocycles. The van der Waals surface area contributed by atoms with Crippen LogP contribution in [0, 0.1) is 11.3 Å². The van der Waals surface area contributed by atoms with E-state index in [0.717, 1.165) is 31.4 Å². The topological polar surface area (TPSA) is 670 Å². The quantitative estimate of drug-likeness (QED) is 0.0134. The van der Waals surface area contributed by atoms with Gasteiger partial charge in [-0.3, -0.25) is 91.7 Å². The van der Waals surface area contributed by atoms with E-state index in [1.54, 1.807) is 74.8 Å². The Morgan fingerprint density at radius 3 is 1.59 bits per heavy atom. The average molecular weight is 1950 g/mol. The fourth-order valence-electron chi connectivity index (χ4n) is 17.0. The SMILES string of the molecule is CCCC[C@H]1C(=O)N(C)[C@@H](CCCC)C(=O)N[C@@H](CCCNC(=N)N)C(=O)N[C@H](C(=O)NCC(=O)NCC(N)=O)CSCC(=O)N[C@@H](Cc2ccc(O)cc2)C(=O)N(C)[C@@H](C)C(=O)N[C@@H](CC(N)=O)C(=O)N2CCC[C@H]2C(=O)N[C@@H](Cc2cnc[nH]2)C(=O)N[C@@H](CC(C)C)C(=O)N2CCC[C@H]2C(=O)N[C@@H](Cc2c[nH]c3ccccc23)C(=O)N[C@@H](CO)C(=O)N[C@@H](Cc2c[nH]c3ccccc23)C(=O)N1C. The molecule has 0 radical (unpaired) electrons. The van der Waals surface area contributed by atoms with Gasteiger partial charge >= 0.3 is 0 Å². The lowest BCUT2D eigenvalue weighted by Gasteiger charge is -2.36. The highest BCUT2D eigenvalue weighted by atomic mass is 32.2. The maximum Gasteiger partial charge on any atom is 0.246 e. The summed E-state index contributed by atoms with van der Waals surface area (Å²) in [5.41, 5.74) is 19.7. The Hall–Kier alpha value is -14.2. The first kappa shape index (κ1) is 108. The zero-order chi connectivity index (χ0) is 101. The number of guanidine groups is 1. The van der Waals surface area contributed by atoms with Crippen LogP contribution >= 0.6 is 11.8 Å². The van der Waals surface area contributed by atoms with E-state index in [4.69, 9.17) is 22.6 Å². The van der Waals surface area contributed by atoms with Crippen molar-refractivity contribution in [3.05, 3.63) is 120 Å². The van der Waals surface area contributed by atoms with Crippen LogP contribution < -0.4 is 81.0 Å². The van der Waals surface area contributed by atoms with Crippen LogP contribution in [0.25, 0.3) is 21.8 Å². The second kappa shape index (κ2) is 52.4. The first-order valence-electron chi connectivity index (χ1n) is 46.7. The highest BCUT2D eigenvalue weighted by Crippen LogP contribution is 2.28. The Morgan fingerprint density at radius 2 is 1.03 bits per heavy atom. The van der Waals surface area contributed by atoms with Gasteiger partial charge in [0.15, 0.2) is 5.96 Å². The maximum atomic E-state index is 15.8. The van der Waals surface area contributed by atoms with Gasteiger partial charge in [-0.1, -0.05) is 102 Å². The Morgan fingerprint density at radius 1 is 0.518 bits per heavy atom. The fourth-order valence-corrected chi connectivity index (χ4v) is 17.9. The highest BCUT2D eigenvalue weighted by Gasteiger charge is 2.46. The molecule has 0 saturated carbocycles. The third-order valence-electron chi connectivity index (χ3n) is 24.7. The minimum atomic E-state index is -1.86. The molecular formula is C93H131N25O20S. The summed E-state index contributed by atoms with van der Waals surface area (Å²) in [6, 6.07) is -1.76. The lowest BCUT2D eigenvalue weighted by Crippen LogP contribution is -2.62. The number of aliphatic hydroxyl groups is 1. The van der Waals surface area contributed by atoms with Gasteiger partial charge in [0.05, 0.1) is 38.2 Å². The summed E-state index contributed by atoms with van der Waals surface area (Å²) in [5.74, 6) is -18.6. The van der Waals surface area contributed by atoms with Gasteiger partial charge in [0.2, 0.25) is 106 Å². The molecule has 3 aromatic heterocycles. The van der Waals surface area contributed by atoms with Gasteiger partial charge in [0.25, 0.3) is 0 Å². The van der Waals surface area contributed by atoms with Gasteiger partial charge in [0, 0.05) is 118 Å². The van der Waals surface area contributed by atoms with Crippen molar-refractivity contribution in [1.82, 2.24) is 108 Å². The number of fused-ring (bicyclic) bond motifs is 4. The molecule has 24 N–H and O–H groups in total. The van der Waals surface area contributed by atoms with Gasteiger partial charge in [-0.25, -0.2) is 4.98 Å². The Bertz CT molecular complexity index is 5360. The van der Waals surface area contributed by atoms with E-state index in [2.05, 4.69) is 83.7 Å². The number of nitrogens with one attached hydrogen (secondary N) is 16. The van der Waals surface area contributed by atoms with Crippen LogP contribution in [0.15, 0.2) is 97.7 Å². The monoisotopic (exact) mass is 1950 g/mol. The summed E-state index contributed by atoms with van der Waals surface area (Å²) in [4.78, 5) is 283. The molecule has 9 rings (SSSR count). The summed E-state index contributed by atoms with van der Waals surface area (Å²) in [6.45, 7) is 5.87. The van der Waals surface area contributed by atoms with Crippen LogP contribution in [0.5, 0.6) is 5.75 Å². The molecule has 0 bridgehead atoms. The van der Waals surface area contributed by atoms with Crippen molar-refractivity contribution in [3.63, 3.8) is 0 Å². The summed E-state index contributed by atoms with van der Waals surface area (Å²) in [5, 5.41) is 62.3. The largest absolute Gasteiger partial charge is 0.508 e. The molecule has 6 aromatic rings. The van der Waals surface area contributed by atoms with Crippen molar-refractivity contribution < 1.29 is 96.5 Å². The third-order valence-corrected chi connectivity index (χ3v) is 25.8. The molecule has 3 aromatic carbocycles. The molecule has 3 aliphatic rings. The van der Waals surface area contributed by atoms with E-state index in [9.17, 15) is 53.4 Å². The first-order valence-corrected chi connectivity index (χ1v) is 47.8. The molecular weight excluding hydrogens is 1820 g/mol. The van der Waals surface area contributed by atoms with Gasteiger partial charge in [-0.15, -0.1) is 11.8 Å². The minimum absolute atomic E-state index is 0.00414. The van der Waals surface area contributed by atoms with Crippen LogP contribution in [-0.2, 0) is 112 Å². The molecule has 14 atom stereocenters. The predicted molar refractivity (Wildman–Crippen MR) is 511 cm³/mol. The zero-order valence-corrected chi connectivity index (χ0v) is 80.2. The molecule has 0 unspecified atom stereocenters. The summed E-state index contributed by atoms with van der Waals surface area (Å²) in [7, 11) is 3.90. The lowest BCUT2D eigenvalue weighted by atomic mass is 10.00. The number of amides is 18. The lowest BCUT2D eigenvalue weighted by molar-refractivity contribution is -0.149. The van der Waals surface area contributed by atoms with Crippen LogP contribution in [0.4, 0.5) is 0 Å². The van der Waals surface area contributed by atoms with Crippen molar-refractivity contribution in [1.29, 1.82) is 5.41 Å². The number of aromatic nitrogens is 4. The molecule has 139 heavy (non-hydrogen) atoms. The molecule has 18 amide bonds. The number of aromatic hydroxyl groups is 1. The number of benzene rings is 3. The summed E-state index contributed by atoms with van der Waals surface area (Å²) in [6.07, 6.45) is 5.90. The number of unbranched alkanes of at least 4 members (excludes halogenated alkanes) is 2. The van der Waals surface area contributed by atoms with Crippen LogP contribution in [0.1, 0.15) is 147 Å². The number of imidazole rings is 1. The van der Waals surface area contributed by atoms with E-state index in [1.165, 1.54) is 69.8 Å². The van der Waals surface area contributed by atoms with E-state index >= 15 is 43.2 Å². The fraction of sp³-hybridized carbons (Fsp3) is 0.527. The number of aromatic amines is 3. The molecule has 754 valence electrons. The number of aliphatic hydroxyl groups excluding tert-OH is 1. The maximum absolute atomic E-state index is 15.8. The van der Waals surface area contributed by atoms with Gasteiger partial charge in [-0.05, 0) is 112 Å². The number of para-hydroxylation sites is 2. The number of phenolic OH excluding ortho intramolecular Hbond substituents is 1. The number of phenols is 1. The van der Waals surface area contributed by atoms with Crippen molar-refractivity contribution in [2.75, 3.05) is 72.0 Å². The smallest absolute Gasteiger partial charge is 0.246 e. The molecule has 0 aliphatic carbocycles. The number of hydrogen-bond donors (Lipinski definition) is 21. The molecule has 45 nitrogen and oxygen atoms in total. The number of rotatable bonds is 28.